The Morgan fingerprint density at radius 2 is 0.857 bits per heavy atom. The molecule has 1 aliphatic heterocycles. The average Bonchev–Trinajstić information content (AvgIpc) is 2.87. The molecule has 0 aromatic heterocycles. The van der Waals surface area contributed by atoms with Gasteiger partial charge in [-0.25, -0.2) is 0 Å². The second kappa shape index (κ2) is 24.3. The van der Waals surface area contributed by atoms with Crippen molar-refractivity contribution in [3.05, 3.63) is 0 Å². The molecule has 1 atom stereocenters. The molecule has 0 aliphatic carbocycles. The van der Waals surface area contributed by atoms with Gasteiger partial charge < -0.3 is 4.90 Å². The van der Waals surface area contributed by atoms with Crippen LogP contribution in [0.25, 0.3) is 0 Å². The molecular formula is C34H69N. The number of nitrogens with zero attached hydrogens (tertiary/aromatic N) is 1. The monoisotopic (exact) mass is 492 g/mol. The Morgan fingerprint density at radius 3 is 1.29 bits per heavy atom. The molecule has 1 saturated heterocycles. The molecule has 0 amide bonds. The lowest BCUT2D eigenvalue weighted by Crippen LogP contribution is -2.37. The number of piperidine rings is 1. The summed E-state index contributed by atoms with van der Waals surface area (Å²) in [6.07, 6.45) is 35.1. The van der Waals surface area contributed by atoms with E-state index in [4.69, 9.17) is 0 Å². The van der Waals surface area contributed by atoms with E-state index in [0.717, 1.165) is 17.8 Å². The summed E-state index contributed by atoms with van der Waals surface area (Å²) in [5.41, 5.74) is 0. The first-order valence-corrected chi connectivity index (χ1v) is 17.0. The highest BCUT2D eigenvalue weighted by Crippen LogP contribution is 2.31. The van der Waals surface area contributed by atoms with E-state index >= 15 is 0 Å². The van der Waals surface area contributed by atoms with Crippen molar-refractivity contribution in [3.63, 3.8) is 0 Å². The highest BCUT2D eigenvalue weighted by atomic mass is 15.1. The van der Waals surface area contributed by atoms with E-state index in [0.29, 0.717) is 0 Å². The van der Waals surface area contributed by atoms with Crippen LogP contribution < -0.4 is 0 Å². The Balaban J connectivity index is 2.40. The fourth-order valence-electron chi connectivity index (χ4n) is 6.56. The van der Waals surface area contributed by atoms with Crippen LogP contribution in [0.5, 0.6) is 0 Å². The van der Waals surface area contributed by atoms with Gasteiger partial charge in [0.2, 0.25) is 0 Å². The second-order valence-corrected chi connectivity index (χ2v) is 12.5. The molecule has 35 heavy (non-hydrogen) atoms. The van der Waals surface area contributed by atoms with Gasteiger partial charge in [-0.2, -0.15) is 0 Å². The van der Waals surface area contributed by atoms with Gasteiger partial charge in [-0.15, -0.1) is 0 Å². The maximum Gasteiger partial charge on any atom is 0.000966 e. The lowest BCUT2D eigenvalue weighted by atomic mass is 9.82. The average molecular weight is 492 g/mol. The van der Waals surface area contributed by atoms with Gasteiger partial charge in [0, 0.05) is 6.54 Å². The third kappa shape index (κ3) is 18.8. The van der Waals surface area contributed by atoms with E-state index in [2.05, 4.69) is 32.6 Å². The SMILES string of the molecule is CCCCCCCC(CCCCCC)CC1CCN(CC(CCCCCC)CCCCCC)CC1. The number of rotatable bonds is 25. The molecule has 0 aromatic carbocycles. The van der Waals surface area contributed by atoms with Crippen LogP contribution in [0.2, 0.25) is 0 Å². The number of hydrogen-bond donors (Lipinski definition) is 0. The number of hydrogen-bond acceptors (Lipinski definition) is 1. The standard InChI is InChI=1S/C34H69N/c1-5-9-13-17-21-23-32(22-18-14-10-6-2)30-33-26-28-35(29-27-33)31-34(24-19-15-11-7-3)25-20-16-12-8-4/h32-34H,5-31H2,1-4H3. The zero-order valence-electron chi connectivity index (χ0n) is 25.3. The lowest BCUT2D eigenvalue weighted by Gasteiger charge is -2.36. The van der Waals surface area contributed by atoms with Crippen molar-refractivity contribution >= 4 is 0 Å². The first-order valence-electron chi connectivity index (χ1n) is 17.0. The highest BCUT2D eigenvalue weighted by molar-refractivity contribution is 4.77. The van der Waals surface area contributed by atoms with Gasteiger partial charge in [0.15, 0.2) is 0 Å². The summed E-state index contributed by atoms with van der Waals surface area (Å²) in [5, 5.41) is 0. The van der Waals surface area contributed by atoms with Crippen molar-refractivity contribution in [2.75, 3.05) is 19.6 Å². The van der Waals surface area contributed by atoms with E-state index < -0.39 is 0 Å². The van der Waals surface area contributed by atoms with E-state index in [1.807, 2.05) is 0 Å². The van der Waals surface area contributed by atoms with Crippen molar-refractivity contribution < 1.29 is 0 Å². The molecule has 0 bridgehead atoms. The molecule has 0 radical (unpaired) electrons. The van der Waals surface area contributed by atoms with Gasteiger partial charge in [0.25, 0.3) is 0 Å². The van der Waals surface area contributed by atoms with E-state index in [9.17, 15) is 0 Å². The van der Waals surface area contributed by atoms with Crippen molar-refractivity contribution in [3.8, 4) is 0 Å². The Morgan fingerprint density at radius 1 is 0.486 bits per heavy atom. The molecule has 1 unspecified atom stereocenters. The molecule has 1 heteroatoms. The summed E-state index contributed by atoms with van der Waals surface area (Å²) < 4.78 is 0. The van der Waals surface area contributed by atoms with E-state index in [-0.39, 0.29) is 0 Å². The fraction of sp³-hybridized carbons (Fsp3) is 1.00. The Hall–Kier alpha value is -0.0400. The summed E-state index contributed by atoms with van der Waals surface area (Å²) in [4.78, 5) is 2.88. The second-order valence-electron chi connectivity index (χ2n) is 12.5. The molecule has 0 aromatic rings. The zero-order valence-corrected chi connectivity index (χ0v) is 25.3. The van der Waals surface area contributed by atoms with Crippen LogP contribution in [0.1, 0.15) is 182 Å². The van der Waals surface area contributed by atoms with Crippen molar-refractivity contribution in [2.24, 2.45) is 17.8 Å². The number of unbranched alkanes of at least 4 members (excludes halogenated alkanes) is 13. The van der Waals surface area contributed by atoms with Crippen LogP contribution in [-0.2, 0) is 0 Å². The molecule has 0 spiro atoms. The largest absolute Gasteiger partial charge is 0.303 e. The van der Waals surface area contributed by atoms with E-state index in [1.165, 1.54) is 167 Å². The molecule has 210 valence electrons. The molecule has 1 nitrogen and oxygen atoms in total. The van der Waals surface area contributed by atoms with Gasteiger partial charge in [-0.3, -0.25) is 0 Å². The minimum atomic E-state index is 0.967. The van der Waals surface area contributed by atoms with Crippen molar-refractivity contribution in [1.82, 2.24) is 4.90 Å². The molecule has 0 N–H and O–H groups in total. The van der Waals surface area contributed by atoms with Crippen LogP contribution in [0.4, 0.5) is 0 Å². The van der Waals surface area contributed by atoms with Gasteiger partial charge in [-0.05, 0) is 62.9 Å². The number of likely N-dealkylation sites (tertiary alicyclic amines) is 1. The topological polar surface area (TPSA) is 3.24 Å². The molecule has 1 aliphatic rings. The summed E-state index contributed by atoms with van der Waals surface area (Å²) in [7, 11) is 0. The third-order valence-electron chi connectivity index (χ3n) is 9.00. The lowest BCUT2D eigenvalue weighted by molar-refractivity contribution is 0.136. The van der Waals surface area contributed by atoms with Gasteiger partial charge in [0.05, 0.1) is 0 Å². The summed E-state index contributed by atoms with van der Waals surface area (Å²) in [5.74, 6) is 3.01. The normalized spacial score (nSPS) is 16.4. The van der Waals surface area contributed by atoms with Gasteiger partial charge in [-0.1, -0.05) is 150 Å². The third-order valence-corrected chi connectivity index (χ3v) is 9.00. The molecule has 1 heterocycles. The maximum absolute atomic E-state index is 2.88. The van der Waals surface area contributed by atoms with Gasteiger partial charge in [0.1, 0.15) is 0 Å². The van der Waals surface area contributed by atoms with Crippen LogP contribution in [-0.4, -0.2) is 24.5 Å². The summed E-state index contributed by atoms with van der Waals surface area (Å²) in [6.45, 7) is 13.6. The van der Waals surface area contributed by atoms with Crippen molar-refractivity contribution in [2.45, 2.75) is 182 Å². The highest BCUT2D eigenvalue weighted by Gasteiger charge is 2.24. The molecule has 1 rings (SSSR count). The minimum Gasteiger partial charge on any atom is -0.303 e. The zero-order chi connectivity index (χ0) is 25.4. The van der Waals surface area contributed by atoms with Crippen LogP contribution >= 0.6 is 0 Å². The van der Waals surface area contributed by atoms with Crippen LogP contribution in [0.3, 0.4) is 0 Å². The van der Waals surface area contributed by atoms with E-state index in [1.54, 1.807) is 6.42 Å². The fourth-order valence-corrected chi connectivity index (χ4v) is 6.56. The minimum absolute atomic E-state index is 0.967. The Labute approximate surface area is 224 Å². The van der Waals surface area contributed by atoms with Crippen molar-refractivity contribution in [1.29, 1.82) is 0 Å². The predicted molar refractivity (Wildman–Crippen MR) is 160 cm³/mol. The van der Waals surface area contributed by atoms with Gasteiger partial charge >= 0.3 is 0 Å². The predicted octanol–water partition coefficient (Wildman–Crippen LogP) is 11.6. The van der Waals surface area contributed by atoms with Crippen LogP contribution in [0, 0.1) is 17.8 Å². The Kier molecular flexibility index (Phi) is 22.9. The quantitative estimate of drug-likeness (QED) is 0.115. The molecule has 1 fully saturated rings. The first-order chi connectivity index (χ1) is 17.2. The maximum atomic E-state index is 2.88. The molecule has 0 saturated carbocycles. The summed E-state index contributed by atoms with van der Waals surface area (Å²) in [6, 6.07) is 0. The Bertz CT molecular complexity index is 399. The molecular weight excluding hydrogens is 422 g/mol. The van der Waals surface area contributed by atoms with Crippen LogP contribution in [0.15, 0.2) is 0 Å². The smallest absolute Gasteiger partial charge is 0.000966 e. The summed E-state index contributed by atoms with van der Waals surface area (Å²) >= 11 is 0. The first kappa shape index (κ1) is 33.0.